The summed E-state index contributed by atoms with van der Waals surface area (Å²) in [5.74, 6) is 2.35. The lowest BCUT2D eigenvalue weighted by molar-refractivity contribution is 0.281. The van der Waals surface area contributed by atoms with Gasteiger partial charge < -0.3 is 24.8 Å². The number of phenols is 1. The summed E-state index contributed by atoms with van der Waals surface area (Å²) in [7, 11) is 3.53. The Kier molecular flexibility index (Phi) is 11.2. The zero-order chi connectivity index (χ0) is 19.5. The highest BCUT2D eigenvalue weighted by Gasteiger charge is 2.08. The zero-order valence-corrected chi connectivity index (χ0v) is 19.1. The lowest BCUT2D eigenvalue weighted by Crippen LogP contribution is -2.41. The number of methoxy groups -OCH3 is 1. The second-order valence-electron chi connectivity index (χ2n) is 6.04. The predicted octanol–water partition coefficient (Wildman–Crippen LogP) is 3.54. The van der Waals surface area contributed by atoms with Crippen LogP contribution < -0.4 is 14.8 Å². The minimum Gasteiger partial charge on any atom is -0.504 e. The third-order valence-electron chi connectivity index (χ3n) is 4.08. The Morgan fingerprint density at radius 2 is 1.89 bits per heavy atom. The smallest absolute Gasteiger partial charge is 0.193 e. The van der Waals surface area contributed by atoms with Gasteiger partial charge in [0.25, 0.3) is 0 Å². The van der Waals surface area contributed by atoms with Crippen molar-refractivity contribution in [3.63, 3.8) is 0 Å². The SMILES string of the molecule is CCNC(=NCCc1cccc(OC)c1O)N(C)CCOc1ccccc1.I. The minimum absolute atomic E-state index is 0. The molecule has 0 aliphatic heterocycles. The summed E-state index contributed by atoms with van der Waals surface area (Å²) >= 11 is 0. The molecule has 0 aromatic heterocycles. The molecule has 6 nitrogen and oxygen atoms in total. The van der Waals surface area contributed by atoms with E-state index in [1.807, 2.05) is 61.3 Å². The average molecular weight is 499 g/mol. The van der Waals surface area contributed by atoms with Crippen molar-refractivity contribution in [1.29, 1.82) is 0 Å². The molecule has 0 unspecified atom stereocenters. The van der Waals surface area contributed by atoms with E-state index in [4.69, 9.17) is 9.47 Å². The van der Waals surface area contributed by atoms with Gasteiger partial charge in [0, 0.05) is 20.1 Å². The van der Waals surface area contributed by atoms with Gasteiger partial charge in [0.05, 0.1) is 13.7 Å². The van der Waals surface area contributed by atoms with Crippen molar-refractivity contribution in [1.82, 2.24) is 10.2 Å². The van der Waals surface area contributed by atoms with Gasteiger partial charge in [-0.1, -0.05) is 30.3 Å². The largest absolute Gasteiger partial charge is 0.504 e. The third-order valence-corrected chi connectivity index (χ3v) is 4.08. The lowest BCUT2D eigenvalue weighted by atomic mass is 10.1. The topological polar surface area (TPSA) is 66.3 Å². The van der Waals surface area contributed by atoms with Crippen LogP contribution in [0.25, 0.3) is 0 Å². The van der Waals surface area contributed by atoms with E-state index in [-0.39, 0.29) is 29.7 Å². The molecule has 0 aliphatic carbocycles. The number of guanidine groups is 1. The van der Waals surface area contributed by atoms with Crippen molar-refractivity contribution in [2.75, 3.05) is 40.4 Å². The molecule has 0 fully saturated rings. The maximum Gasteiger partial charge on any atom is 0.193 e. The first-order chi connectivity index (χ1) is 13.2. The van der Waals surface area contributed by atoms with Gasteiger partial charge in [-0.3, -0.25) is 4.99 Å². The Balaban J connectivity index is 0.00000392. The maximum atomic E-state index is 10.2. The molecule has 0 saturated heterocycles. The van der Waals surface area contributed by atoms with Crippen molar-refractivity contribution in [3.05, 3.63) is 54.1 Å². The fraction of sp³-hybridized carbons (Fsp3) is 0.381. The normalized spacial score (nSPS) is 10.8. The molecule has 2 N–H and O–H groups in total. The number of phenolic OH excluding ortho intramolecular Hbond substituents is 1. The number of nitrogens with zero attached hydrogens (tertiary/aromatic N) is 2. The predicted molar refractivity (Wildman–Crippen MR) is 124 cm³/mol. The molecule has 28 heavy (non-hydrogen) atoms. The molecule has 2 rings (SSSR count). The van der Waals surface area contributed by atoms with Crippen molar-refractivity contribution >= 4 is 29.9 Å². The molecule has 0 radical (unpaired) electrons. The molecule has 0 spiro atoms. The highest BCUT2D eigenvalue weighted by molar-refractivity contribution is 14.0. The number of nitrogens with one attached hydrogen (secondary N) is 1. The molecule has 0 atom stereocenters. The molecule has 2 aromatic rings. The molecule has 2 aromatic carbocycles. The number of hydrogen-bond acceptors (Lipinski definition) is 4. The Morgan fingerprint density at radius 3 is 2.57 bits per heavy atom. The van der Waals surface area contributed by atoms with Crippen LogP contribution in [0.2, 0.25) is 0 Å². The highest BCUT2D eigenvalue weighted by Crippen LogP contribution is 2.29. The van der Waals surface area contributed by atoms with Gasteiger partial charge in [-0.25, -0.2) is 0 Å². The van der Waals surface area contributed by atoms with Gasteiger partial charge in [0.2, 0.25) is 0 Å². The summed E-state index contributed by atoms with van der Waals surface area (Å²) in [5, 5.41) is 13.5. The zero-order valence-electron chi connectivity index (χ0n) is 16.7. The maximum absolute atomic E-state index is 10.2. The number of aromatic hydroxyl groups is 1. The van der Waals surface area contributed by atoms with Crippen LogP contribution in [0.3, 0.4) is 0 Å². The van der Waals surface area contributed by atoms with Crippen LogP contribution in [0.15, 0.2) is 53.5 Å². The van der Waals surface area contributed by atoms with Gasteiger partial charge in [0.15, 0.2) is 17.5 Å². The number of ether oxygens (including phenoxy) is 2. The van der Waals surface area contributed by atoms with Crippen molar-refractivity contribution < 1.29 is 14.6 Å². The Bertz CT molecular complexity index is 726. The van der Waals surface area contributed by atoms with E-state index < -0.39 is 0 Å². The average Bonchev–Trinajstić information content (AvgIpc) is 2.69. The summed E-state index contributed by atoms with van der Waals surface area (Å²) < 4.78 is 10.9. The summed E-state index contributed by atoms with van der Waals surface area (Å²) in [6.45, 7) is 4.67. The van der Waals surface area contributed by atoms with Gasteiger partial charge in [-0.2, -0.15) is 0 Å². The van der Waals surface area contributed by atoms with E-state index in [9.17, 15) is 5.11 Å². The van der Waals surface area contributed by atoms with Crippen LogP contribution in [-0.2, 0) is 6.42 Å². The van der Waals surface area contributed by atoms with E-state index >= 15 is 0 Å². The Labute approximate surface area is 184 Å². The molecule has 0 heterocycles. The molecular formula is C21H30IN3O3. The van der Waals surface area contributed by atoms with E-state index in [0.29, 0.717) is 31.9 Å². The third kappa shape index (κ3) is 7.46. The van der Waals surface area contributed by atoms with Crippen LogP contribution in [0.4, 0.5) is 0 Å². The first-order valence-electron chi connectivity index (χ1n) is 9.17. The van der Waals surface area contributed by atoms with Crippen LogP contribution >= 0.6 is 24.0 Å². The van der Waals surface area contributed by atoms with Crippen LogP contribution in [0.5, 0.6) is 17.2 Å². The van der Waals surface area contributed by atoms with Crippen LogP contribution in [0.1, 0.15) is 12.5 Å². The molecule has 0 bridgehead atoms. The fourth-order valence-corrected chi connectivity index (χ4v) is 2.61. The fourth-order valence-electron chi connectivity index (χ4n) is 2.61. The molecular weight excluding hydrogens is 469 g/mol. The van der Waals surface area contributed by atoms with Crippen LogP contribution in [0, 0.1) is 0 Å². The van der Waals surface area contributed by atoms with E-state index in [1.54, 1.807) is 13.2 Å². The number of aliphatic imine (C=N–C) groups is 1. The van der Waals surface area contributed by atoms with Crippen molar-refractivity contribution in [2.24, 2.45) is 4.99 Å². The quantitative estimate of drug-likeness (QED) is 0.314. The van der Waals surface area contributed by atoms with Crippen LogP contribution in [-0.4, -0.2) is 56.4 Å². The summed E-state index contributed by atoms with van der Waals surface area (Å²) in [6.07, 6.45) is 0.631. The lowest BCUT2D eigenvalue weighted by Gasteiger charge is -2.22. The number of halogens is 1. The molecule has 0 amide bonds. The second-order valence-corrected chi connectivity index (χ2v) is 6.04. The van der Waals surface area contributed by atoms with E-state index in [0.717, 1.165) is 23.8 Å². The summed E-state index contributed by atoms with van der Waals surface area (Å²) in [4.78, 5) is 6.69. The Morgan fingerprint density at radius 1 is 1.14 bits per heavy atom. The summed E-state index contributed by atoms with van der Waals surface area (Å²) in [5.41, 5.74) is 0.823. The number of para-hydroxylation sites is 2. The number of benzene rings is 2. The Hall–Kier alpha value is -2.16. The molecule has 0 aliphatic rings. The van der Waals surface area contributed by atoms with E-state index in [2.05, 4.69) is 10.3 Å². The van der Waals surface area contributed by atoms with Crippen molar-refractivity contribution in [2.45, 2.75) is 13.3 Å². The standard InChI is InChI=1S/C21H29N3O3.HI/c1-4-22-21(24(2)15-16-27-18-10-6-5-7-11-18)23-14-13-17-9-8-12-19(26-3)20(17)25;/h5-12,25H,4,13-16H2,1-3H3,(H,22,23);1H. The molecule has 0 saturated carbocycles. The number of rotatable bonds is 9. The second kappa shape index (κ2) is 13.1. The summed E-state index contributed by atoms with van der Waals surface area (Å²) in [6, 6.07) is 15.3. The number of likely N-dealkylation sites (N-methyl/N-ethyl adjacent to an activating group) is 1. The number of hydrogen-bond donors (Lipinski definition) is 2. The van der Waals surface area contributed by atoms with Gasteiger partial charge in [-0.15, -0.1) is 24.0 Å². The monoisotopic (exact) mass is 499 g/mol. The van der Waals surface area contributed by atoms with E-state index in [1.165, 1.54) is 0 Å². The van der Waals surface area contributed by atoms with Gasteiger partial charge >= 0.3 is 0 Å². The molecule has 154 valence electrons. The first kappa shape index (κ1) is 23.9. The first-order valence-corrected chi connectivity index (χ1v) is 9.17. The van der Waals surface area contributed by atoms with Crippen molar-refractivity contribution in [3.8, 4) is 17.2 Å². The highest BCUT2D eigenvalue weighted by atomic mass is 127. The van der Waals surface area contributed by atoms with Gasteiger partial charge in [-0.05, 0) is 37.1 Å². The minimum atomic E-state index is 0. The molecule has 7 heteroatoms. The van der Waals surface area contributed by atoms with Gasteiger partial charge in [0.1, 0.15) is 12.4 Å².